The first-order valence-electron chi connectivity index (χ1n) is 8.24. The Morgan fingerprint density at radius 3 is 2.52 bits per heavy atom. The van der Waals surface area contributed by atoms with Crippen molar-refractivity contribution in [3.8, 4) is 0 Å². The molecule has 1 fully saturated rings. The number of rotatable bonds is 4. The maximum absolute atomic E-state index is 12.5. The number of para-hydroxylation sites is 1. The molecule has 0 aliphatic carbocycles. The Kier molecular flexibility index (Phi) is 6.39. The minimum Gasteiger partial charge on any atom is -0.325 e. The molecule has 0 radical (unpaired) electrons. The molecule has 1 saturated heterocycles. The third kappa shape index (κ3) is 4.98. The summed E-state index contributed by atoms with van der Waals surface area (Å²) in [7, 11) is 0. The van der Waals surface area contributed by atoms with Crippen LogP contribution in [0.5, 0.6) is 0 Å². The molecule has 1 aliphatic rings. The van der Waals surface area contributed by atoms with E-state index in [0.29, 0.717) is 10.0 Å². The molecule has 1 heterocycles. The summed E-state index contributed by atoms with van der Waals surface area (Å²) in [6.45, 7) is 2.62. The lowest BCUT2D eigenvalue weighted by molar-refractivity contribution is -0.121. The zero-order valence-corrected chi connectivity index (χ0v) is 16.7. The van der Waals surface area contributed by atoms with Gasteiger partial charge in [0.2, 0.25) is 5.91 Å². The number of benzene rings is 2. The van der Waals surface area contributed by atoms with Crippen molar-refractivity contribution >= 4 is 50.7 Å². The maximum atomic E-state index is 12.5. The van der Waals surface area contributed by atoms with Crippen LogP contribution < -0.4 is 5.32 Å². The molecule has 1 N–H and O–H groups in total. The smallest absolute Gasteiger partial charge is 0.227 e. The number of halogens is 3. The Hall–Kier alpha value is -1.07. The number of hydrogen-bond acceptors (Lipinski definition) is 2. The van der Waals surface area contributed by atoms with Crippen LogP contribution in [0.1, 0.15) is 18.4 Å². The van der Waals surface area contributed by atoms with Crippen molar-refractivity contribution in [1.29, 1.82) is 0 Å². The number of nitrogens with zero attached hydrogens (tertiary/aromatic N) is 1. The van der Waals surface area contributed by atoms with Crippen molar-refractivity contribution in [3.05, 3.63) is 62.5 Å². The van der Waals surface area contributed by atoms with Crippen LogP contribution >= 0.6 is 39.1 Å². The second-order valence-electron chi connectivity index (χ2n) is 6.27. The standard InChI is InChI=1S/C19H19BrCl2N2O/c20-15-3-1-2-4-18(15)23-19(25)14-7-9-24(10-8-14)12-13-5-6-16(21)17(22)11-13/h1-6,11,14H,7-10,12H2,(H,23,25). The highest BCUT2D eigenvalue weighted by Crippen LogP contribution is 2.26. The number of piperidine rings is 1. The van der Waals surface area contributed by atoms with Gasteiger partial charge in [0.25, 0.3) is 0 Å². The molecule has 0 saturated carbocycles. The summed E-state index contributed by atoms with van der Waals surface area (Å²) in [5.41, 5.74) is 1.97. The molecular weight excluding hydrogens is 423 g/mol. The topological polar surface area (TPSA) is 32.3 Å². The quantitative estimate of drug-likeness (QED) is 0.668. The van der Waals surface area contributed by atoms with E-state index in [2.05, 4.69) is 26.1 Å². The maximum Gasteiger partial charge on any atom is 0.227 e. The number of likely N-dealkylation sites (tertiary alicyclic amines) is 1. The number of amides is 1. The molecular formula is C19H19BrCl2N2O. The number of anilines is 1. The summed E-state index contributed by atoms with van der Waals surface area (Å²) in [6, 6.07) is 13.4. The molecule has 2 aromatic rings. The molecule has 0 atom stereocenters. The number of nitrogens with one attached hydrogen (secondary N) is 1. The summed E-state index contributed by atoms with van der Waals surface area (Å²) >= 11 is 15.5. The lowest BCUT2D eigenvalue weighted by Crippen LogP contribution is -2.37. The van der Waals surface area contributed by atoms with E-state index >= 15 is 0 Å². The van der Waals surface area contributed by atoms with Gasteiger partial charge in [0, 0.05) is 16.9 Å². The molecule has 132 valence electrons. The van der Waals surface area contributed by atoms with Crippen LogP contribution in [0, 0.1) is 5.92 Å². The van der Waals surface area contributed by atoms with Gasteiger partial charge in [0.1, 0.15) is 0 Å². The van der Waals surface area contributed by atoms with E-state index in [1.807, 2.05) is 42.5 Å². The van der Waals surface area contributed by atoms with Crippen molar-refractivity contribution < 1.29 is 4.79 Å². The third-order valence-electron chi connectivity index (χ3n) is 4.48. The molecule has 25 heavy (non-hydrogen) atoms. The fraction of sp³-hybridized carbons (Fsp3) is 0.316. The van der Waals surface area contributed by atoms with Gasteiger partial charge in [-0.3, -0.25) is 9.69 Å². The number of hydrogen-bond donors (Lipinski definition) is 1. The van der Waals surface area contributed by atoms with E-state index in [1.54, 1.807) is 0 Å². The number of carbonyl (C=O) groups is 1. The Morgan fingerprint density at radius 1 is 1.12 bits per heavy atom. The molecule has 3 rings (SSSR count). The van der Waals surface area contributed by atoms with Gasteiger partial charge in [-0.2, -0.15) is 0 Å². The first-order valence-corrected chi connectivity index (χ1v) is 9.79. The van der Waals surface area contributed by atoms with Gasteiger partial charge in [-0.15, -0.1) is 0 Å². The largest absolute Gasteiger partial charge is 0.325 e. The number of carbonyl (C=O) groups excluding carboxylic acids is 1. The van der Waals surface area contributed by atoms with E-state index in [-0.39, 0.29) is 11.8 Å². The van der Waals surface area contributed by atoms with Gasteiger partial charge < -0.3 is 5.32 Å². The second-order valence-corrected chi connectivity index (χ2v) is 7.94. The predicted molar refractivity (Wildman–Crippen MR) is 107 cm³/mol. The molecule has 6 heteroatoms. The second kappa shape index (κ2) is 8.54. The highest BCUT2D eigenvalue weighted by Gasteiger charge is 2.25. The Bertz CT molecular complexity index is 761. The van der Waals surface area contributed by atoms with Crippen molar-refractivity contribution in [2.75, 3.05) is 18.4 Å². The van der Waals surface area contributed by atoms with Crippen LogP contribution in [0.4, 0.5) is 5.69 Å². The highest BCUT2D eigenvalue weighted by atomic mass is 79.9. The predicted octanol–water partition coefficient (Wildman–Crippen LogP) is 5.61. The van der Waals surface area contributed by atoms with Gasteiger partial charge in [-0.1, -0.05) is 41.4 Å². The minimum atomic E-state index is 0.0529. The van der Waals surface area contributed by atoms with Crippen molar-refractivity contribution in [1.82, 2.24) is 4.90 Å². The fourth-order valence-electron chi connectivity index (χ4n) is 3.05. The van der Waals surface area contributed by atoms with Crippen molar-refractivity contribution in [2.24, 2.45) is 5.92 Å². The summed E-state index contributed by atoms with van der Waals surface area (Å²) in [5.74, 6) is 0.151. The van der Waals surface area contributed by atoms with E-state index in [9.17, 15) is 4.79 Å². The summed E-state index contributed by atoms with van der Waals surface area (Å²) in [6.07, 6.45) is 1.72. The van der Waals surface area contributed by atoms with E-state index < -0.39 is 0 Å². The molecule has 0 aromatic heterocycles. The van der Waals surface area contributed by atoms with Gasteiger partial charge in [-0.05, 0) is 71.7 Å². The van der Waals surface area contributed by atoms with E-state index in [1.165, 1.54) is 0 Å². The van der Waals surface area contributed by atoms with Crippen LogP contribution in [-0.2, 0) is 11.3 Å². The lowest BCUT2D eigenvalue weighted by Gasteiger charge is -2.31. The molecule has 0 bridgehead atoms. The van der Waals surface area contributed by atoms with Crippen LogP contribution in [0.25, 0.3) is 0 Å². The zero-order chi connectivity index (χ0) is 17.8. The van der Waals surface area contributed by atoms with Gasteiger partial charge in [0.05, 0.1) is 15.7 Å². The molecule has 2 aromatic carbocycles. The average Bonchev–Trinajstić information content (AvgIpc) is 2.61. The molecule has 0 unspecified atom stereocenters. The van der Waals surface area contributed by atoms with Gasteiger partial charge >= 0.3 is 0 Å². The fourth-order valence-corrected chi connectivity index (χ4v) is 3.75. The van der Waals surface area contributed by atoms with Gasteiger partial charge in [-0.25, -0.2) is 0 Å². The van der Waals surface area contributed by atoms with E-state index in [4.69, 9.17) is 23.2 Å². The van der Waals surface area contributed by atoms with E-state index in [0.717, 1.165) is 48.2 Å². The first-order chi connectivity index (χ1) is 12.0. The molecule has 1 amide bonds. The molecule has 0 spiro atoms. The first kappa shape index (κ1) is 18.7. The van der Waals surface area contributed by atoms with Crippen LogP contribution in [0.15, 0.2) is 46.9 Å². The summed E-state index contributed by atoms with van der Waals surface area (Å²) in [4.78, 5) is 14.8. The summed E-state index contributed by atoms with van der Waals surface area (Å²) in [5, 5.41) is 4.18. The summed E-state index contributed by atoms with van der Waals surface area (Å²) < 4.78 is 0.903. The minimum absolute atomic E-state index is 0.0529. The zero-order valence-electron chi connectivity index (χ0n) is 13.6. The average molecular weight is 442 g/mol. The third-order valence-corrected chi connectivity index (χ3v) is 5.91. The molecule has 3 nitrogen and oxygen atoms in total. The van der Waals surface area contributed by atoms with Crippen molar-refractivity contribution in [3.63, 3.8) is 0 Å². The van der Waals surface area contributed by atoms with Crippen LogP contribution in [0.2, 0.25) is 10.0 Å². The SMILES string of the molecule is O=C(Nc1ccccc1Br)C1CCN(Cc2ccc(Cl)c(Cl)c2)CC1. The van der Waals surface area contributed by atoms with Crippen LogP contribution in [-0.4, -0.2) is 23.9 Å². The highest BCUT2D eigenvalue weighted by molar-refractivity contribution is 9.10. The van der Waals surface area contributed by atoms with Gasteiger partial charge in [0.15, 0.2) is 0 Å². The Labute approximate surface area is 166 Å². The molecule has 1 aliphatic heterocycles. The van der Waals surface area contributed by atoms with Crippen LogP contribution in [0.3, 0.4) is 0 Å². The Balaban J connectivity index is 1.52. The van der Waals surface area contributed by atoms with Crippen molar-refractivity contribution in [2.45, 2.75) is 19.4 Å². The monoisotopic (exact) mass is 440 g/mol. The normalized spacial score (nSPS) is 16.0. The lowest BCUT2D eigenvalue weighted by atomic mass is 9.95. The Morgan fingerprint density at radius 2 is 1.84 bits per heavy atom.